The molecule has 1 aliphatic rings. The van der Waals surface area contributed by atoms with Gasteiger partial charge in [-0.25, -0.2) is 4.98 Å². The van der Waals surface area contributed by atoms with Gasteiger partial charge >= 0.3 is 5.97 Å². The van der Waals surface area contributed by atoms with Crippen LogP contribution in [0.1, 0.15) is 30.1 Å². The van der Waals surface area contributed by atoms with E-state index in [1.54, 1.807) is 29.0 Å². The van der Waals surface area contributed by atoms with Crippen LogP contribution in [0.2, 0.25) is 5.02 Å². The summed E-state index contributed by atoms with van der Waals surface area (Å²) < 4.78 is 9.24. The number of fused-ring (bicyclic) bond motifs is 1. The number of pyridine rings is 1. The van der Waals surface area contributed by atoms with Gasteiger partial charge in [0, 0.05) is 30.3 Å². The molecule has 2 aromatic heterocycles. The summed E-state index contributed by atoms with van der Waals surface area (Å²) in [5.74, 6) is 0.0222. The Morgan fingerprint density at radius 2 is 1.94 bits per heavy atom. The molecule has 168 valence electrons. The molecule has 1 aliphatic carbocycles. The highest BCUT2D eigenvalue weighted by Gasteiger charge is 2.40. The van der Waals surface area contributed by atoms with Gasteiger partial charge in [0.25, 0.3) is 5.56 Å². The molecule has 0 saturated heterocycles. The van der Waals surface area contributed by atoms with Gasteiger partial charge in [0.1, 0.15) is 18.2 Å². The Hall–Kier alpha value is -3.58. The maximum Gasteiger partial charge on any atom is 0.307 e. The zero-order chi connectivity index (χ0) is 23.1. The smallest absolute Gasteiger partial charge is 0.307 e. The summed E-state index contributed by atoms with van der Waals surface area (Å²) in [6.45, 7) is 0.336. The van der Waals surface area contributed by atoms with Crippen molar-refractivity contribution in [1.82, 2.24) is 14.1 Å². The van der Waals surface area contributed by atoms with Crippen LogP contribution in [0.15, 0.2) is 65.6 Å². The Morgan fingerprint density at radius 3 is 2.61 bits per heavy atom. The molecule has 1 fully saturated rings. The third-order valence-electron chi connectivity index (χ3n) is 6.31. The Bertz CT molecular complexity index is 1410. The molecule has 1 N–H and O–H groups in total. The van der Waals surface area contributed by atoms with Gasteiger partial charge in [0.2, 0.25) is 0 Å². The molecule has 8 heteroatoms. The van der Waals surface area contributed by atoms with Crippen molar-refractivity contribution in [2.75, 3.05) is 0 Å². The van der Waals surface area contributed by atoms with Crippen LogP contribution in [0.4, 0.5) is 0 Å². The second-order valence-electron chi connectivity index (χ2n) is 8.32. The fourth-order valence-electron chi connectivity index (χ4n) is 4.29. The van der Waals surface area contributed by atoms with Gasteiger partial charge in [-0.3, -0.25) is 14.2 Å². The van der Waals surface area contributed by atoms with Crippen molar-refractivity contribution in [2.45, 2.75) is 25.4 Å². The van der Waals surface area contributed by atoms with Gasteiger partial charge < -0.3 is 14.4 Å². The molecule has 5 rings (SSSR count). The fourth-order valence-corrected chi connectivity index (χ4v) is 4.42. The van der Waals surface area contributed by atoms with E-state index in [-0.39, 0.29) is 17.4 Å². The van der Waals surface area contributed by atoms with Crippen molar-refractivity contribution in [3.8, 4) is 11.4 Å². The molecule has 2 atom stereocenters. The van der Waals surface area contributed by atoms with Gasteiger partial charge in [-0.05, 0) is 54.8 Å². The number of ether oxygens (including phenoxy) is 1. The number of carbonyl (C=O) groups is 1. The molecule has 4 aromatic rings. The summed E-state index contributed by atoms with van der Waals surface area (Å²) in [7, 11) is 1.89. The fraction of sp³-hybridized carbons (Fsp3) is 0.240. The molecule has 2 aromatic carbocycles. The van der Waals surface area contributed by atoms with E-state index in [2.05, 4.69) is 4.98 Å². The van der Waals surface area contributed by atoms with Crippen LogP contribution in [-0.2, 0) is 18.4 Å². The number of aliphatic carboxylic acids is 1. The van der Waals surface area contributed by atoms with Crippen molar-refractivity contribution in [3.05, 3.63) is 87.6 Å². The average Bonchev–Trinajstić information content (AvgIpc) is 3.07. The summed E-state index contributed by atoms with van der Waals surface area (Å²) in [4.78, 5) is 28.9. The van der Waals surface area contributed by atoms with E-state index in [0.29, 0.717) is 29.5 Å². The molecule has 1 saturated carbocycles. The van der Waals surface area contributed by atoms with Crippen molar-refractivity contribution in [1.29, 1.82) is 0 Å². The minimum atomic E-state index is -0.774. The minimum absolute atomic E-state index is 0.0804. The number of imidazole rings is 1. The van der Waals surface area contributed by atoms with Crippen molar-refractivity contribution in [3.63, 3.8) is 0 Å². The number of aryl methyl sites for hydroxylation is 1. The van der Waals surface area contributed by atoms with Gasteiger partial charge in [0.15, 0.2) is 0 Å². The second kappa shape index (κ2) is 8.41. The number of halogens is 1. The summed E-state index contributed by atoms with van der Waals surface area (Å²) in [5, 5.41) is 10.1. The molecule has 2 unspecified atom stereocenters. The number of rotatable bonds is 6. The highest BCUT2D eigenvalue weighted by Crippen LogP contribution is 2.42. The van der Waals surface area contributed by atoms with E-state index in [9.17, 15) is 14.7 Å². The van der Waals surface area contributed by atoms with Crippen LogP contribution in [0.3, 0.4) is 0 Å². The predicted octanol–water partition coefficient (Wildman–Crippen LogP) is 4.53. The first-order valence-electron chi connectivity index (χ1n) is 10.7. The van der Waals surface area contributed by atoms with E-state index in [0.717, 1.165) is 28.8 Å². The lowest BCUT2D eigenvalue weighted by atomic mass is 9.73. The third kappa shape index (κ3) is 4.00. The van der Waals surface area contributed by atoms with E-state index in [1.807, 2.05) is 41.9 Å². The third-order valence-corrected chi connectivity index (χ3v) is 6.56. The van der Waals surface area contributed by atoms with E-state index >= 15 is 0 Å². The van der Waals surface area contributed by atoms with E-state index in [1.165, 1.54) is 6.07 Å². The van der Waals surface area contributed by atoms with Crippen molar-refractivity contribution in [2.24, 2.45) is 13.0 Å². The Balaban J connectivity index is 1.39. The molecular weight excluding hydrogens is 442 g/mol. The van der Waals surface area contributed by atoms with Gasteiger partial charge in [-0.2, -0.15) is 0 Å². The predicted molar refractivity (Wildman–Crippen MR) is 125 cm³/mol. The second-order valence-corrected chi connectivity index (χ2v) is 8.75. The number of benzene rings is 2. The van der Waals surface area contributed by atoms with Crippen LogP contribution in [0, 0.1) is 5.92 Å². The zero-order valence-electron chi connectivity index (χ0n) is 17.9. The molecule has 0 amide bonds. The van der Waals surface area contributed by atoms with Crippen LogP contribution < -0.4 is 10.3 Å². The summed E-state index contributed by atoms with van der Waals surface area (Å²) in [5.41, 5.74) is 3.08. The molecule has 0 radical (unpaired) electrons. The largest absolute Gasteiger partial charge is 0.489 e. The maximum atomic E-state index is 12.8. The molecule has 0 spiro atoms. The van der Waals surface area contributed by atoms with Gasteiger partial charge in [-0.1, -0.05) is 23.7 Å². The first-order chi connectivity index (χ1) is 15.9. The average molecular weight is 464 g/mol. The first-order valence-corrected chi connectivity index (χ1v) is 11.1. The molecule has 2 heterocycles. The maximum absolute atomic E-state index is 12.8. The Morgan fingerprint density at radius 1 is 1.15 bits per heavy atom. The Kier molecular flexibility index (Phi) is 5.42. The number of aromatic nitrogens is 3. The van der Waals surface area contributed by atoms with Gasteiger partial charge in [0.05, 0.1) is 22.6 Å². The number of nitrogens with zero attached hydrogens (tertiary/aromatic N) is 3. The number of carboxylic acids is 1. The monoisotopic (exact) mass is 463 g/mol. The highest BCUT2D eigenvalue weighted by molar-refractivity contribution is 6.30. The molecule has 33 heavy (non-hydrogen) atoms. The van der Waals surface area contributed by atoms with Crippen LogP contribution in [-0.4, -0.2) is 25.2 Å². The topological polar surface area (TPSA) is 86.3 Å². The first kappa shape index (κ1) is 21.3. The van der Waals surface area contributed by atoms with Crippen molar-refractivity contribution >= 4 is 28.6 Å². The molecule has 0 aliphatic heterocycles. The summed E-state index contributed by atoms with van der Waals surface area (Å²) >= 11 is 5.90. The van der Waals surface area contributed by atoms with Crippen LogP contribution in [0.5, 0.6) is 5.75 Å². The standard InChI is InChI=1S/C25H22ClN3O4/c1-28-22-12-17(6-9-21(22)27-24(28)19-7-8-20(19)25(31)32)29-11-10-18(13-23(29)30)33-14-15-2-4-16(26)5-3-15/h2-6,9-13,19-20H,7-8,14H2,1H3,(H,31,32). The van der Waals surface area contributed by atoms with Crippen LogP contribution in [0.25, 0.3) is 16.7 Å². The number of carboxylic acid groups (broad SMARTS) is 1. The lowest BCUT2D eigenvalue weighted by Crippen LogP contribution is -2.32. The lowest BCUT2D eigenvalue weighted by Gasteiger charge is -2.32. The molecule has 7 nitrogen and oxygen atoms in total. The number of hydrogen-bond donors (Lipinski definition) is 1. The molecular formula is C25H22ClN3O4. The normalized spacial score (nSPS) is 17.6. The summed E-state index contributed by atoms with van der Waals surface area (Å²) in [6, 6.07) is 16.2. The SMILES string of the molecule is Cn1c(C2CCC2C(=O)O)nc2ccc(-n3ccc(OCc4ccc(Cl)cc4)cc3=O)cc21. The van der Waals surface area contributed by atoms with Gasteiger partial charge in [-0.15, -0.1) is 0 Å². The minimum Gasteiger partial charge on any atom is -0.489 e. The molecule has 0 bridgehead atoms. The van der Waals surface area contributed by atoms with E-state index < -0.39 is 5.97 Å². The quantitative estimate of drug-likeness (QED) is 0.454. The lowest BCUT2D eigenvalue weighted by molar-refractivity contribution is -0.145. The van der Waals surface area contributed by atoms with Crippen LogP contribution >= 0.6 is 11.6 Å². The summed E-state index contributed by atoms with van der Waals surface area (Å²) in [6.07, 6.45) is 3.18. The zero-order valence-corrected chi connectivity index (χ0v) is 18.7. The van der Waals surface area contributed by atoms with Crippen molar-refractivity contribution < 1.29 is 14.6 Å². The van der Waals surface area contributed by atoms with E-state index in [4.69, 9.17) is 16.3 Å². The Labute approximate surface area is 194 Å². The highest BCUT2D eigenvalue weighted by atomic mass is 35.5. The number of hydrogen-bond acceptors (Lipinski definition) is 4.